The van der Waals surface area contributed by atoms with Gasteiger partial charge in [0, 0.05) is 30.7 Å². The Morgan fingerprint density at radius 1 is 0.971 bits per heavy atom. The van der Waals surface area contributed by atoms with Crippen molar-refractivity contribution < 1.29 is 13.2 Å². The lowest BCUT2D eigenvalue weighted by molar-refractivity contribution is 0.0951. The maximum Gasteiger partial charge on any atom is 0.264 e. The van der Waals surface area contributed by atoms with Gasteiger partial charge in [-0.25, -0.2) is 8.42 Å². The number of halogens is 1. The van der Waals surface area contributed by atoms with Crippen LogP contribution in [0.3, 0.4) is 0 Å². The van der Waals surface area contributed by atoms with Gasteiger partial charge in [-0.1, -0.05) is 35.9 Å². The monoisotopic (exact) mass is 497 g/mol. The first kappa shape index (κ1) is 24.3. The van der Waals surface area contributed by atoms with Crippen LogP contribution in [0, 0.1) is 0 Å². The molecule has 0 bridgehead atoms. The molecule has 1 aliphatic heterocycles. The molecule has 1 amide bonds. The van der Waals surface area contributed by atoms with E-state index < -0.39 is 10.0 Å². The summed E-state index contributed by atoms with van der Waals surface area (Å²) in [4.78, 5) is 15.2. The molecule has 0 spiro atoms. The van der Waals surface area contributed by atoms with Gasteiger partial charge in [0.2, 0.25) is 0 Å². The smallest absolute Gasteiger partial charge is 0.264 e. The summed E-state index contributed by atoms with van der Waals surface area (Å²) < 4.78 is 26.9. The van der Waals surface area contributed by atoms with Crippen molar-refractivity contribution in [2.75, 3.05) is 24.4 Å². The van der Waals surface area contributed by atoms with Gasteiger partial charge in [0.15, 0.2) is 0 Å². The Balaban J connectivity index is 1.37. The number of carbonyl (C=O) groups excluding carboxylic acids is 1. The van der Waals surface area contributed by atoms with Crippen molar-refractivity contribution in [3.63, 3.8) is 0 Å². The highest BCUT2D eigenvalue weighted by molar-refractivity contribution is 7.92. The molecule has 8 heteroatoms. The Labute approximate surface area is 206 Å². The Kier molecular flexibility index (Phi) is 7.56. The number of rotatable bonds is 8. The average molecular weight is 498 g/mol. The highest BCUT2D eigenvalue weighted by atomic mass is 35.5. The first-order valence-corrected chi connectivity index (χ1v) is 13.1. The van der Waals surface area contributed by atoms with Crippen molar-refractivity contribution in [1.29, 1.82) is 0 Å². The molecule has 1 fully saturated rings. The summed E-state index contributed by atoms with van der Waals surface area (Å²) in [7, 11) is -2.25. The summed E-state index contributed by atoms with van der Waals surface area (Å²) in [5.74, 6) is -0.209. The number of sulfonamides is 1. The van der Waals surface area contributed by atoms with Gasteiger partial charge >= 0.3 is 0 Å². The molecular weight excluding hydrogens is 470 g/mol. The van der Waals surface area contributed by atoms with Crippen LogP contribution in [0.5, 0.6) is 0 Å². The number of carbonyl (C=O) groups is 1. The van der Waals surface area contributed by atoms with Crippen LogP contribution >= 0.6 is 11.6 Å². The van der Waals surface area contributed by atoms with Crippen LogP contribution in [-0.2, 0) is 23.1 Å². The van der Waals surface area contributed by atoms with E-state index in [1.165, 1.54) is 54.0 Å². The van der Waals surface area contributed by atoms with E-state index in [1.807, 2.05) is 12.1 Å². The van der Waals surface area contributed by atoms with Crippen LogP contribution in [0.4, 0.5) is 5.69 Å². The number of benzene rings is 3. The Morgan fingerprint density at radius 3 is 2.29 bits per heavy atom. The number of anilines is 1. The Bertz CT molecular complexity index is 1240. The SMILES string of the molecule is CN(c1ccc(C(=O)NCc2cccc(CN3CCCC3)c2)cc1)S(=O)(=O)c1ccc(Cl)cc1. The molecule has 6 nitrogen and oxygen atoms in total. The summed E-state index contributed by atoms with van der Waals surface area (Å²) in [5.41, 5.74) is 3.23. The summed E-state index contributed by atoms with van der Waals surface area (Å²) in [6, 6.07) is 20.8. The molecule has 3 aromatic carbocycles. The largest absolute Gasteiger partial charge is 0.348 e. The van der Waals surface area contributed by atoms with Gasteiger partial charge in [0.25, 0.3) is 15.9 Å². The first-order valence-electron chi connectivity index (χ1n) is 11.3. The van der Waals surface area contributed by atoms with Crippen molar-refractivity contribution in [2.45, 2.75) is 30.8 Å². The highest BCUT2D eigenvalue weighted by Crippen LogP contribution is 2.23. The second kappa shape index (κ2) is 10.6. The predicted octanol–water partition coefficient (Wildman–Crippen LogP) is 4.69. The van der Waals surface area contributed by atoms with Crippen LogP contribution in [0.25, 0.3) is 0 Å². The van der Waals surface area contributed by atoms with E-state index in [1.54, 1.807) is 24.3 Å². The zero-order chi connectivity index (χ0) is 24.1. The van der Waals surface area contributed by atoms with E-state index >= 15 is 0 Å². The van der Waals surface area contributed by atoms with Gasteiger partial charge in [-0.2, -0.15) is 0 Å². The summed E-state index contributed by atoms with van der Waals surface area (Å²) in [5, 5.41) is 3.42. The summed E-state index contributed by atoms with van der Waals surface area (Å²) in [6.07, 6.45) is 2.52. The molecule has 0 aliphatic carbocycles. The van der Waals surface area contributed by atoms with Crippen LogP contribution < -0.4 is 9.62 Å². The molecule has 178 valence electrons. The van der Waals surface area contributed by atoms with Gasteiger partial charge in [0.1, 0.15) is 0 Å². The number of nitrogens with one attached hydrogen (secondary N) is 1. The van der Waals surface area contributed by atoms with Gasteiger partial charge in [-0.05, 0) is 85.6 Å². The van der Waals surface area contributed by atoms with E-state index in [9.17, 15) is 13.2 Å². The molecule has 0 unspecified atom stereocenters. The lowest BCUT2D eigenvalue weighted by atomic mass is 10.1. The third-order valence-corrected chi connectivity index (χ3v) is 8.07. The van der Waals surface area contributed by atoms with Crippen LogP contribution in [0.1, 0.15) is 34.3 Å². The molecule has 34 heavy (non-hydrogen) atoms. The lowest BCUT2D eigenvalue weighted by Crippen LogP contribution is -2.27. The molecule has 0 aromatic heterocycles. The summed E-state index contributed by atoms with van der Waals surface area (Å²) in [6.45, 7) is 3.66. The van der Waals surface area contributed by atoms with Crippen molar-refractivity contribution >= 4 is 33.2 Å². The quantitative estimate of drug-likeness (QED) is 0.490. The zero-order valence-corrected chi connectivity index (χ0v) is 20.6. The van der Waals surface area contributed by atoms with Crippen LogP contribution in [0.2, 0.25) is 5.02 Å². The third kappa shape index (κ3) is 5.78. The number of hydrogen-bond donors (Lipinski definition) is 1. The topological polar surface area (TPSA) is 69.7 Å². The second-order valence-corrected chi connectivity index (χ2v) is 10.9. The molecule has 0 radical (unpaired) electrons. The fraction of sp³-hybridized carbons (Fsp3) is 0.269. The fourth-order valence-corrected chi connectivity index (χ4v) is 5.37. The van der Waals surface area contributed by atoms with Crippen molar-refractivity contribution in [2.24, 2.45) is 0 Å². The molecule has 1 heterocycles. The second-order valence-electron chi connectivity index (χ2n) is 8.46. The van der Waals surface area contributed by atoms with E-state index in [-0.39, 0.29) is 10.8 Å². The van der Waals surface area contributed by atoms with Gasteiger partial charge < -0.3 is 5.32 Å². The van der Waals surface area contributed by atoms with Gasteiger partial charge in [0.05, 0.1) is 10.6 Å². The summed E-state index contributed by atoms with van der Waals surface area (Å²) >= 11 is 5.86. The van der Waals surface area contributed by atoms with Crippen molar-refractivity contribution in [3.8, 4) is 0 Å². The number of likely N-dealkylation sites (tertiary alicyclic amines) is 1. The minimum absolute atomic E-state index is 0.146. The molecule has 0 saturated carbocycles. The lowest BCUT2D eigenvalue weighted by Gasteiger charge is -2.20. The minimum Gasteiger partial charge on any atom is -0.348 e. The highest BCUT2D eigenvalue weighted by Gasteiger charge is 2.21. The molecule has 1 saturated heterocycles. The van der Waals surface area contributed by atoms with Gasteiger partial charge in [-0.15, -0.1) is 0 Å². The molecule has 3 aromatic rings. The predicted molar refractivity (Wildman–Crippen MR) is 136 cm³/mol. The molecule has 1 aliphatic rings. The molecular formula is C26H28ClN3O3S. The van der Waals surface area contributed by atoms with E-state index in [0.29, 0.717) is 22.8 Å². The van der Waals surface area contributed by atoms with Crippen LogP contribution in [-0.4, -0.2) is 39.4 Å². The molecule has 4 rings (SSSR count). The Morgan fingerprint density at radius 2 is 1.62 bits per heavy atom. The normalized spacial score (nSPS) is 14.2. The number of hydrogen-bond acceptors (Lipinski definition) is 4. The zero-order valence-electron chi connectivity index (χ0n) is 19.1. The number of nitrogens with zero attached hydrogens (tertiary/aromatic N) is 2. The Hall–Kier alpha value is -2.87. The fourth-order valence-electron chi connectivity index (χ4n) is 4.05. The van der Waals surface area contributed by atoms with E-state index in [2.05, 4.69) is 22.3 Å². The average Bonchev–Trinajstić information content (AvgIpc) is 3.36. The van der Waals surface area contributed by atoms with E-state index in [0.717, 1.165) is 25.2 Å². The minimum atomic E-state index is -3.73. The first-order chi connectivity index (χ1) is 16.3. The maximum absolute atomic E-state index is 12.9. The third-order valence-electron chi connectivity index (χ3n) is 6.01. The maximum atomic E-state index is 12.9. The molecule has 0 atom stereocenters. The standard InChI is InChI=1S/C26H28ClN3O3S/c1-29(34(32,33)25-13-9-23(27)10-14-25)24-11-7-22(8-12-24)26(31)28-18-20-5-4-6-21(17-20)19-30-15-2-3-16-30/h4-14,17H,2-3,15-16,18-19H2,1H3,(H,28,31). The van der Waals surface area contributed by atoms with Crippen molar-refractivity contribution in [3.05, 3.63) is 94.5 Å². The van der Waals surface area contributed by atoms with Crippen molar-refractivity contribution in [1.82, 2.24) is 10.2 Å². The molecule has 1 N–H and O–H groups in total. The van der Waals surface area contributed by atoms with E-state index in [4.69, 9.17) is 11.6 Å². The van der Waals surface area contributed by atoms with Crippen LogP contribution in [0.15, 0.2) is 77.7 Å². The van der Waals surface area contributed by atoms with Gasteiger partial charge in [-0.3, -0.25) is 14.0 Å². The number of amides is 1.